The van der Waals surface area contributed by atoms with Gasteiger partial charge in [-0.15, -0.1) is 0 Å². The Balaban J connectivity index is 2.12. The van der Waals surface area contributed by atoms with Crippen LogP contribution < -0.4 is 10.6 Å². The Morgan fingerprint density at radius 1 is 1.07 bits per heavy atom. The fourth-order valence-electron chi connectivity index (χ4n) is 5.12. The predicted octanol–water partition coefficient (Wildman–Crippen LogP) is 4.04. The molecule has 10 nitrogen and oxygen atoms in total. The first-order valence-electron chi connectivity index (χ1n) is 14.3. The van der Waals surface area contributed by atoms with E-state index in [2.05, 4.69) is 29.4 Å². The molecule has 222 valence electrons. The van der Waals surface area contributed by atoms with Gasteiger partial charge in [0.1, 0.15) is 6.04 Å². The molecule has 1 aliphatic rings. The molecule has 0 aliphatic carbocycles. The lowest BCUT2D eigenvalue weighted by Gasteiger charge is -2.39. The van der Waals surface area contributed by atoms with E-state index >= 15 is 0 Å². The van der Waals surface area contributed by atoms with Crippen LogP contribution in [0.1, 0.15) is 73.3 Å². The number of piperidine rings is 1. The average Bonchev–Trinajstić information content (AvgIpc) is 2.91. The van der Waals surface area contributed by atoms with Crippen LogP contribution in [0.2, 0.25) is 0 Å². The lowest BCUT2D eigenvalue weighted by atomic mass is 9.95. The Hall–Kier alpha value is -3.27. The summed E-state index contributed by atoms with van der Waals surface area (Å²) in [7, 11) is 1.72. The van der Waals surface area contributed by atoms with Gasteiger partial charge in [-0.3, -0.25) is 29.4 Å². The molecular formula is C30H47N5O5. The predicted molar refractivity (Wildman–Crippen MR) is 156 cm³/mol. The molecule has 3 amide bonds. The number of likely N-dealkylation sites (tertiary alicyclic amines) is 1. The zero-order valence-electron chi connectivity index (χ0n) is 25.3. The van der Waals surface area contributed by atoms with Gasteiger partial charge in [-0.2, -0.15) is 0 Å². The van der Waals surface area contributed by atoms with Crippen molar-refractivity contribution in [2.45, 2.75) is 98.4 Å². The van der Waals surface area contributed by atoms with Crippen LogP contribution in [0.3, 0.4) is 0 Å². The number of hydrogen-bond donors (Lipinski definition) is 2. The first-order valence-corrected chi connectivity index (χ1v) is 14.3. The van der Waals surface area contributed by atoms with E-state index in [4.69, 9.17) is 0 Å². The number of nitro benzene ring substituents is 1. The molecule has 1 aliphatic heterocycles. The Kier molecular flexibility index (Phi) is 12.3. The monoisotopic (exact) mass is 557 g/mol. The van der Waals surface area contributed by atoms with Crippen molar-refractivity contribution in [1.82, 2.24) is 20.4 Å². The normalized spacial score (nSPS) is 18.0. The summed E-state index contributed by atoms with van der Waals surface area (Å²) in [6.07, 6.45) is 4.63. The van der Waals surface area contributed by atoms with Crippen LogP contribution in [-0.4, -0.2) is 70.2 Å². The van der Waals surface area contributed by atoms with Crippen molar-refractivity contribution in [3.05, 3.63) is 51.6 Å². The van der Waals surface area contributed by atoms with Gasteiger partial charge in [0, 0.05) is 37.3 Å². The number of carbonyl (C=O) groups is 3. The second-order valence-corrected chi connectivity index (χ2v) is 11.7. The van der Waals surface area contributed by atoms with E-state index in [0.29, 0.717) is 5.57 Å². The first-order chi connectivity index (χ1) is 18.7. The molecule has 2 N–H and O–H groups in total. The van der Waals surface area contributed by atoms with Crippen molar-refractivity contribution in [1.29, 1.82) is 0 Å². The molecule has 1 heterocycles. The van der Waals surface area contributed by atoms with Gasteiger partial charge in [-0.05, 0) is 57.6 Å². The molecule has 0 bridgehead atoms. The number of nitrogens with one attached hydrogen (secondary N) is 2. The lowest BCUT2D eigenvalue weighted by molar-refractivity contribution is -0.384. The minimum atomic E-state index is -0.681. The van der Waals surface area contributed by atoms with E-state index in [-0.39, 0.29) is 59.9 Å². The molecule has 0 aromatic heterocycles. The summed E-state index contributed by atoms with van der Waals surface area (Å²) < 4.78 is 0. The zero-order chi connectivity index (χ0) is 30.1. The first kappa shape index (κ1) is 32.9. The van der Waals surface area contributed by atoms with Gasteiger partial charge in [0.15, 0.2) is 0 Å². The van der Waals surface area contributed by atoms with Crippen molar-refractivity contribution in [2.75, 3.05) is 13.6 Å². The highest BCUT2D eigenvalue weighted by atomic mass is 16.6. The number of nitrogens with zero attached hydrogens (tertiary/aromatic N) is 3. The van der Waals surface area contributed by atoms with Crippen molar-refractivity contribution < 1.29 is 19.3 Å². The Morgan fingerprint density at radius 2 is 1.70 bits per heavy atom. The maximum Gasteiger partial charge on any atom is 0.269 e. The molecule has 0 saturated carbocycles. The Bertz CT molecular complexity index is 1070. The van der Waals surface area contributed by atoms with Crippen LogP contribution in [0, 0.1) is 22.0 Å². The number of likely N-dealkylation sites (N-methyl/N-ethyl adjacent to an activating group) is 1. The number of rotatable bonds is 12. The highest BCUT2D eigenvalue weighted by Crippen LogP contribution is 2.21. The van der Waals surface area contributed by atoms with Crippen LogP contribution in [0.25, 0.3) is 0 Å². The summed E-state index contributed by atoms with van der Waals surface area (Å²) in [5, 5.41) is 16.7. The number of nitro groups is 1. The van der Waals surface area contributed by atoms with E-state index in [1.807, 2.05) is 27.7 Å². The largest absolute Gasteiger partial charge is 0.348 e. The van der Waals surface area contributed by atoms with E-state index < -0.39 is 11.0 Å². The Labute approximate surface area is 238 Å². The fourth-order valence-corrected chi connectivity index (χ4v) is 5.12. The van der Waals surface area contributed by atoms with Gasteiger partial charge in [0.05, 0.1) is 17.0 Å². The van der Waals surface area contributed by atoms with Crippen LogP contribution >= 0.6 is 0 Å². The zero-order valence-corrected chi connectivity index (χ0v) is 25.3. The number of amides is 3. The molecule has 0 radical (unpaired) electrons. The number of benzene rings is 1. The van der Waals surface area contributed by atoms with E-state index in [0.717, 1.165) is 31.4 Å². The van der Waals surface area contributed by atoms with E-state index in [9.17, 15) is 24.5 Å². The Morgan fingerprint density at radius 3 is 2.23 bits per heavy atom. The molecule has 1 unspecified atom stereocenters. The maximum atomic E-state index is 13.7. The highest BCUT2D eigenvalue weighted by Gasteiger charge is 2.36. The molecule has 1 aromatic carbocycles. The third-order valence-corrected chi connectivity index (χ3v) is 7.60. The van der Waals surface area contributed by atoms with Crippen LogP contribution in [0.5, 0.6) is 0 Å². The summed E-state index contributed by atoms with van der Waals surface area (Å²) in [6.45, 7) is 14.8. The molecule has 40 heavy (non-hydrogen) atoms. The summed E-state index contributed by atoms with van der Waals surface area (Å²) >= 11 is 0. The van der Waals surface area contributed by atoms with Crippen molar-refractivity contribution in [2.24, 2.45) is 11.8 Å². The van der Waals surface area contributed by atoms with Crippen molar-refractivity contribution >= 4 is 23.4 Å². The van der Waals surface area contributed by atoms with Gasteiger partial charge < -0.3 is 15.5 Å². The molecule has 1 saturated heterocycles. The quantitative estimate of drug-likeness (QED) is 0.227. The summed E-state index contributed by atoms with van der Waals surface area (Å²) in [4.78, 5) is 54.1. The lowest BCUT2D eigenvalue weighted by Crippen LogP contribution is -2.58. The van der Waals surface area contributed by atoms with Crippen LogP contribution in [0.4, 0.5) is 5.69 Å². The number of non-ortho nitro benzene ring substituents is 1. The van der Waals surface area contributed by atoms with Crippen LogP contribution in [0.15, 0.2) is 35.9 Å². The maximum absolute atomic E-state index is 13.7. The summed E-state index contributed by atoms with van der Waals surface area (Å²) in [5.41, 5.74) is 1.19. The minimum absolute atomic E-state index is 0.00878. The van der Waals surface area contributed by atoms with Crippen molar-refractivity contribution in [3.63, 3.8) is 0 Å². The third-order valence-electron chi connectivity index (χ3n) is 7.60. The second-order valence-electron chi connectivity index (χ2n) is 11.7. The van der Waals surface area contributed by atoms with Crippen LogP contribution in [-0.2, 0) is 20.9 Å². The molecule has 3 atom stereocenters. The van der Waals surface area contributed by atoms with E-state index in [1.54, 1.807) is 37.1 Å². The smallest absolute Gasteiger partial charge is 0.269 e. The van der Waals surface area contributed by atoms with Gasteiger partial charge in [-0.1, -0.05) is 52.3 Å². The highest BCUT2D eigenvalue weighted by molar-refractivity contribution is 5.93. The minimum Gasteiger partial charge on any atom is -0.348 e. The van der Waals surface area contributed by atoms with E-state index in [1.165, 1.54) is 12.1 Å². The number of hydrogen-bond acceptors (Lipinski definition) is 6. The van der Waals surface area contributed by atoms with Gasteiger partial charge in [0.25, 0.3) is 5.69 Å². The SMILES string of the molecule is CC(=CC(C(C)C)N(C)C(=O)[C@@H](NC(=O)[C@H]1CCCCN1C(C)C)C(C)C)C(=O)NCc1ccc([N+](=O)[O-])cc1. The van der Waals surface area contributed by atoms with Gasteiger partial charge >= 0.3 is 0 Å². The molecule has 1 fully saturated rings. The van der Waals surface area contributed by atoms with Gasteiger partial charge in [-0.25, -0.2) is 0 Å². The molecule has 2 rings (SSSR count). The molecular weight excluding hydrogens is 510 g/mol. The molecule has 1 aromatic rings. The fraction of sp³-hybridized carbons (Fsp3) is 0.633. The average molecular weight is 558 g/mol. The second kappa shape index (κ2) is 14.9. The number of carbonyl (C=O) groups excluding carboxylic acids is 3. The topological polar surface area (TPSA) is 125 Å². The van der Waals surface area contributed by atoms with Gasteiger partial charge in [0.2, 0.25) is 17.7 Å². The summed E-state index contributed by atoms with van der Waals surface area (Å²) in [6, 6.07) is 4.98. The molecule has 10 heteroatoms. The molecule has 0 spiro atoms. The third kappa shape index (κ3) is 8.87. The summed E-state index contributed by atoms with van der Waals surface area (Å²) in [5.74, 6) is -0.677. The standard InChI is InChI=1S/C30H47N5O5/c1-19(2)26(17-22(7)28(36)31-18-23-12-14-24(15-13-23)35(39)40)33(8)30(38)27(20(3)4)32-29(37)25-11-9-10-16-34(25)21(5)6/h12-15,17,19-21,25-27H,9-11,16,18H2,1-8H3,(H,31,36)(H,32,37)/t25-,26?,27+/m1/s1. The van der Waals surface area contributed by atoms with Crippen molar-refractivity contribution in [3.8, 4) is 0 Å².